The zero-order valence-electron chi connectivity index (χ0n) is 12.0. The Morgan fingerprint density at radius 3 is 2.52 bits per heavy atom. The van der Waals surface area contributed by atoms with Gasteiger partial charge in [0.05, 0.1) is 11.4 Å². The number of nitrogens with one attached hydrogen (secondary N) is 2. The van der Waals surface area contributed by atoms with E-state index in [1.807, 2.05) is 0 Å². The number of hydrogen-bond acceptors (Lipinski definition) is 5. The Labute approximate surface area is 134 Å². The Balaban J connectivity index is 1.87. The maximum atomic E-state index is 13.4. The normalized spacial score (nSPS) is 10.2. The van der Waals surface area contributed by atoms with E-state index in [0.717, 1.165) is 23.9 Å². The molecule has 6 nitrogen and oxygen atoms in total. The standard InChI is InChI=1S/C14H12F2N4O2S/c1-8(21)17-12-4-5-14(20-19-12)23-7-13(22)18-11-3-2-9(15)6-10(11)16/h2-6H,7H2,1H3,(H,18,22)(H,17,19,21). The van der Waals surface area contributed by atoms with Crippen LogP contribution in [0.5, 0.6) is 0 Å². The monoisotopic (exact) mass is 338 g/mol. The largest absolute Gasteiger partial charge is 0.323 e. The second-order valence-electron chi connectivity index (χ2n) is 4.40. The predicted molar refractivity (Wildman–Crippen MR) is 82.0 cm³/mol. The Bertz CT molecular complexity index is 725. The van der Waals surface area contributed by atoms with Crippen LogP contribution < -0.4 is 10.6 Å². The summed E-state index contributed by atoms with van der Waals surface area (Å²) in [5, 5.41) is 12.9. The molecule has 0 saturated carbocycles. The third-order valence-electron chi connectivity index (χ3n) is 2.50. The van der Waals surface area contributed by atoms with Gasteiger partial charge in [0.15, 0.2) is 5.82 Å². The molecule has 1 aromatic heterocycles. The molecule has 9 heteroatoms. The summed E-state index contributed by atoms with van der Waals surface area (Å²) in [7, 11) is 0. The lowest BCUT2D eigenvalue weighted by Gasteiger charge is -2.06. The molecule has 0 bridgehead atoms. The maximum Gasteiger partial charge on any atom is 0.234 e. The summed E-state index contributed by atoms with van der Waals surface area (Å²) in [6.07, 6.45) is 0. The number of rotatable bonds is 5. The molecule has 2 rings (SSSR count). The molecule has 0 radical (unpaired) electrons. The predicted octanol–water partition coefficient (Wildman–Crippen LogP) is 2.44. The molecule has 0 unspecified atom stereocenters. The summed E-state index contributed by atoms with van der Waals surface area (Å²) < 4.78 is 26.2. The Kier molecular flexibility index (Phi) is 5.58. The number of carbonyl (C=O) groups excluding carboxylic acids is 2. The summed E-state index contributed by atoms with van der Waals surface area (Å²) in [5.74, 6) is -2.01. The molecular formula is C14H12F2N4O2S. The van der Waals surface area contributed by atoms with Crippen LogP contribution in [0.2, 0.25) is 0 Å². The highest BCUT2D eigenvalue weighted by molar-refractivity contribution is 7.99. The molecule has 120 valence electrons. The topological polar surface area (TPSA) is 84.0 Å². The molecule has 0 atom stereocenters. The lowest BCUT2D eigenvalue weighted by atomic mass is 10.3. The van der Waals surface area contributed by atoms with Crippen LogP contribution in [0.25, 0.3) is 0 Å². The van der Waals surface area contributed by atoms with E-state index in [1.165, 1.54) is 6.92 Å². The number of nitrogens with zero attached hydrogens (tertiary/aromatic N) is 2. The highest BCUT2D eigenvalue weighted by atomic mass is 32.2. The quantitative estimate of drug-likeness (QED) is 0.818. The first-order valence-corrected chi connectivity index (χ1v) is 7.41. The van der Waals surface area contributed by atoms with E-state index in [-0.39, 0.29) is 17.3 Å². The van der Waals surface area contributed by atoms with E-state index in [4.69, 9.17) is 0 Å². The molecule has 0 saturated heterocycles. The molecular weight excluding hydrogens is 326 g/mol. The molecule has 0 aliphatic carbocycles. The number of aromatic nitrogens is 2. The van der Waals surface area contributed by atoms with Crippen molar-refractivity contribution in [1.29, 1.82) is 0 Å². The van der Waals surface area contributed by atoms with Crippen LogP contribution in [0.1, 0.15) is 6.92 Å². The van der Waals surface area contributed by atoms with Crippen LogP contribution in [0, 0.1) is 11.6 Å². The van der Waals surface area contributed by atoms with Crippen molar-refractivity contribution < 1.29 is 18.4 Å². The van der Waals surface area contributed by atoms with Crippen molar-refractivity contribution >= 4 is 35.1 Å². The van der Waals surface area contributed by atoms with Gasteiger partial charge in [-0.1, -0.05) is 11.8 Å². The van der Waals surface area contributed by atoms with Gasteiger partial charge in [0.2, 0.25) is 11.8 Å². The molecule has 0 spiro atoms. The van der Waals surface area contributed by atoms with Gasteiger partial charge in [-0.2, -0.15) is 0 Å². The smallest absolute Gasteiger partial charge is 0.234 e. The Hall–Kier alpha value is -2.55. The van der Waals surface area contributed by atoms with Crippen LogP contribution in [0.3, 0.4) is 0 Å². The summed E-state index contributed by atoms with van der Waals surface area (Å²) in [4.78, 5) is 22.6. The number of thioether (sulfide) groups is 1. The van der Waals surface area contributed by atoms with Crippen LogP contribution >= 0.6 is 11.8 Å². The molecule has 1 heterocycles. The van der Waals surface area contributed by atoms with E-state index < -0.39 is 17.5 Å². The minimum atomic E-state index is -0.845. The third-order valence-corrected chi connectivity index (χ3v) is 3.42. The van der Waals surface area contributed by atoms with Crippen molar-refractivity contribution in [3.05, 3.63) is 42.0 Å². The fourth-order valence-electron chi connectivity index (χ4n) is 1.56. The average molecular weight is 338 g/mol. The van der Waals surface area contributed by atoms with Gasteiger partial charge in [-0.15, -0.1) is 10.2 Å². The highest BCUT2D eigenvalue weighted by Gasteiger charge is 2.09. The number of hydrogen-bond donors (Lipinski definition) is 2. The van der Waals surface area contributed by atoms with Crippen LogP contribution in [-0.4, -0.2) is 27.8 Å². The van der Waals surface area contributed by atoms with Crippen molar-refractivity contribution in [1.82, 2.24) is 10.2 Å². The van der Waals surface area contributed by atoms with Gasteiger partial charge in [-0.25, -0.2) is 8.78 Å². The summed E-state index contributed by atoms with van der Waals surface area (Å²) >= 11 is 1.09. The molecule has 0 aliphatic heterocycles. The lowest BCUT2D eigenvalue weighted by molar-refractivity contribution is -0.114. The van der Waals surface area contributed by atoms with Gasteiger partial charge in [0.1, 0.15) is 16.7 Å². The lowest BCUT2D eigenvalue weighted by Crippen LogP contribution is -2.15. The third kappa shape index (κ3) is 5.29. The first-order chi connectivity index (χ1) is 10.9. The van der Waals surface area contributed by atoms with Gasteiger partial charge in [0.25, 0.3) is 0 Å². The maximum absolute atomic E-state index is 13.4. The molecule has 0 aliphatic rings. The van der Waals surface area contributed by atoms with Gasteiger partial charge >= 0.3 is 0 Å². The zero-order chi connectivity index (χ0) is 16.8. The second-order valence-corrected chi connectivity index (χ2v) is 5.39. The van der Waals surface area contributed by atoms with Gasteiger partial charge in [-0.3, -0.25) is 9.59 Å². The minimum absolute atomic E-state index is 0.0228. The van der Waals surface area contributed by atoms with Crippen molar-refractivity contribution in [2.24, 2.45) is 0 Å². The number of amides is 2. The molecule has 2 amide bonds. The van der Waals surface area contributed by atoms with E-state index >= 15 is 0 Å². The number of carbonyl (C=O) groups is 2. The Morgan fingerprint density at radius 1 is 1.13 bits per heavy atom. The van der Waals surface area contributed by atoms with E-state index in [1.54, 1.807) is 12.1 Å². The molecule has 2 N–H and O–H groups in total. The van der Waals surface area contributed by atoms with Gasteiger partial charge < -0.3 is 10.6 Å². The van der Waals surface area contributed by atoms with E-state index in [2.05, 4.69) is 20.8 Å². The van der Waals surface area contributed by atoms with E-state index in [0.29, 0.717) is 16.9 Å². The minimum Gasteiger partial charge on any atom is -0.323 e. The van der Waals surface area contributed by atoms with E-state index in [9.17, 15) is 18.4 Å². The van der Waals surface area contributed by atoms with Crippen molar-refractivity contribution in [2.75, 3.05) is 16.4 Å². The fraction of sp³-hybridized carbons (Fsp3) is 0.143. The number of halogens is 2. The number of anilines is 2. The second kappa shape index (κ2) is 7.63. The SMILES string of the molecule is CC(=O)Nc1ccc(SCC(=O)Nc2ccc(F)cc2F)nn1. The fourth-order valence-corrected chi connectivity index (χ4v) is 2.17. The summed E-state index contributed by atoms with van der Waals surface area (Å²) in [6.45, 7) is 1.35. The van der Waals surface area contributed by atoms with Gasteiger partial charge in [0, 0.05) is 13.0 Å². The molecule has 0 fully saturated rings. The summed E-state index contributed by atoms with van der Waals surface area (Å²) in [6, 6.07) is 6.03. The van der Waals surface area contributed by atoms with Crippen LogP contribution in [-0.2, 0) is 9.59 Å². The van der Waals surface area contributed by atoms with Crippen molar-refractivity contribution in [3.63, 3.8) is 0 Å². The zero-order valence-corrected chi connectivity index (χ0v) is 12.8. The van der Waals surface area contributed by atoms with Gasteiger partial charge in [-0.05, 0) is 24.3 Å². The van der Waals surface area contributed by atoms with Crippen molar-refractivity contribution in [2.45, 2.75) is 11.9 Å². The van der Waals surface area contributed by atoms with Crippen LogP contribution in [0.15, 0.2) is 35.4 Å². The van der Waals surface area contributed by atoms with Crippen molar-refractivity contribution in [3.8, 4) is 0 Å². The first-order valence-electron chi connectivity index (χ1n) is 6.43. The molecule has 1 aromatic carbocycles. The molecule has 23 heavy (non-hydrogen) atoms. The van der Waals surface area contributed by atoms with Crippen LogP contribution in [0.4, 0.5) is 20.3 Å². The first kappa shape index (κ1) is 16.8. The molecule has 2 aromatic rings. The number of benzene rings is 1. The average Bonchev–Trinajstić information content (AvgIpc) is 2.49. The summed E-state index contributed by atoms with van der Waals surface area (Å²) in [5.41, 5.74) is -0.0934. The Morgan fingerprint density at radius 2 is 1.91 bits per heavy atom. The highest BCUT2D eigenvalue weighted by Crippen LogP contribution is 2.18.